The molecule has 2 amide bonds. The third kappa shape index (κ3) is 4.67. The monoisotopic (exact) mass is 348 g/mol. The lowest BCUT2D eigenvalue weighted by molar-refractivity contribution is -0.0684. The molecule has 0 saturated carbocycles. The molecule has 3 rings (SSSR count). The van der Waals surface area contributed by atoms with Gasteiger partial charge in [0.25, 0.3) is 0 Å². The van der Waals surface area contributed by atoms with Gasteiger partial charge in [0.2, 0.25) is 0 Å². The van der Waals surface area contributed by atoms with E-state index in [0.29, 0.717) is 6.54 Å². The SMILES string of the molecule is Cc1ccccc1CCCNC(=O)NC1CCOC2(CCSC2)C1. The van der Waals surface area contributed by atoms with Crippen molar-refractivity contribution in [1.29, 1.82) is 0 Å². The summed E-state index contributed by atoms with van der Waals surface area (Å²) in [4.78, 5) is 12.1. The molecule has 0 aromatic heterocycles. The number of benzene rings is 1. The molecule has 2 fully saturated rings. The van der Waals surface area contributed by atoms with Crippen LogP contribution in [-0.4, -0.2) is 42.3 Å². The highest BCUT2D eigenvalue weighted by molar-refractivity contribution is 7.99. The molecule has 1 spiro atoms. The van der Waals surface area contributed by atoms with Gasteiger partial charge in [-0.25, -0.2) is 4.79 Å². The minimum Gasteiger partial charge on any atom is -0.374 e. The van der Waals surface area contributed by atoms with Gasteiger partial charge in [-0.1, -0.05) is 24.3 Å². The first-order valence-corrected chi connectivity index (χ1v) is 10.1. The lowest BCUT2D eigenvalue weighted by Gasteiger charge is -2.37. The standard InChI is InChI=1S/C19H28N2O2S/c1-15-5-2-3-6-16(15)7-4-10-20-18(22)21-17-8-11-23-19(13-17)9-12-24-14-19/h2-3,5-6,17H,4,7-14H2,1H3,(H2,20,21,22). The fraction of sp³-hybridized carbons (Fsp3) is 0.632. The summed E-state index contributed by atoms with van der Waals surface area (Å²) in [6.45, 7) is 3.61. The Morgan fingerprint density at radius 1 is 1.42 bits per heavy atom. The third-order valence-corrected chi connectivity index (χ3v) is 6.29. The van der Waals surface area contributed by atoms with Crippen LogP contribution in [0.4, 0.5) is 4.79 Å². The van der Waals surface area contributed by atoms with Gasteiger partial charge < -0.3 is 15.4 Å². The van der Waals surface area contributed by atoms with Crippen LogP contribution < -0.4 is 10.6 Å². The summed E-state index contributed by atoms with van der Waals surface area (Å²) in [6, 6.07) is 8.65. The van der Waals surface area contributed by atoms with Gasteiger partial charge in [-0.15, -0.1) is 0 Å². The average Bonchev–Trinajstić information content (AvgIpc) is 3.01. The van der Waals surface area contributed by atoms with E-state index >= 15 is 0 Å². The number of carbonyl (C=O) groups is 1. The highest BCUT2D eigenvalue weighted by Crippen LogP contribution is 2.38. The van der Waals surface area contributed by atoms with E-state index < -0.39 is 0 Å². The molecular formula is C19H28N2O2S. The van der Waals surface area contributed by atoms with E-state index in [4.69, 9.17) is 4.74 Å². The van der Waals surface area contributed by atoms with Crippen LogP contribution in [0.25, 0.3) is 0 Å². The number of carbonyl (C=O) groups excluding carboxylic acids is 1. The fourth-order valence-corrected chi connectivity index (χ4v) is 5.00. The molecule has 1 aromatic carbocycles. The molecule has 0 radical (unpaired) electrons. The number of ether oxygens (including phenoxy) is 1. The molecule has 132 valence electrons. The number of urea groups is 1. The smallest absolute Gasteiger partial charge is 0.315 e. The van der Waals surface area contributed by atoms with Gasteiger partial charge in [-0.2, -0.15) is 11.8 Å². The largest absolute Gasteiger partial charge is 0.374 e. The second-order valence-corrected chi connectivity index (χ2v) is 8.06. The van der Waals surface area contributed by atoms with Gasteiger partial charge in [0.05, 0.1) is 5.60 Å². The Labute approximate surface area is 149 Å². The van der Waals surface area contributed by atoms with Gasteiger partial charge in [0.15, 0.2) is 0 Å². The zero-order chi connectivity index (χ0) is 16.8. The van der Waals surface area contributed by atoms with Crippen molar-refractivity contribution < 1.29 is 9.53 Å². The summed E-state index contributed by atoms with van der Waals surface area (Å²) >= 11 is 1.96. The van der Waals surface area contributed by atoms with Gasteiger partial charge in [-0.3, -0.25) is 0 Å². The van der Waals surface area contributed by atoms with E-state index in [2.05, 4.69) is 41.8 Å². The van der Waals surface area contributed by atoms with Crippen LogP contribution in [-0.2, 0) is 11.2 Å². The summed E-state index contributed by atoms with van der Waals surface area (Å²) in [5.74, 6) is 2.25. The van der Waals surface area contributed by atoms with E-state index in [9.17, 15) is 4.79 Å². The molecule has 2 unspecified atom stereocenters. The van der Waals surface area contributed by atoms with Crippen molar-refractivity contribution in [2.24, 2.45) is 0 Å². The maximum absolute atomic E-state index is 12.1. The minimum absolute atomic E-state index is 0.0195. The number of nitrogens with one attached hydrogen (secondary N) is 2. The molecule has 2 aliphatic heterocycles. The van der Waals surface area contributed by atoms with Crippen molar-refractivity contribution in [3.63, 3.8) is 0 Å². The normalized spacial score (nSPS) is 26.5. The van der Waals surface area contributed by atoms with Gasteiger partial charge in [0, 0.05) is 24.9 Å². The zero-order valence-corrected chi connectivity index (χ0v) is 15.3. The van der Waals surface area contributed by atoms with Crippen molar-refractivity contribution in [2.45, 2.75) is 50.7 Å². The topological polar surface area (TPSA) is 50.4 Å². The van der Waals surface area contributed by atoms with E-state index in [1.54, 1.807) is 0 Å². The van der Waals surface area contributed by atoms with Crippen LogP contribution in [0.15, 0.2) is 24.3 Å². The number of hydrogen-bond acceptors (Lipinski definition) is 3. The van der Waals surface area contributed by atoms with Crippen LogP contribution in [0, 0.1) is 6.92 Å². The molecule has 2 atom stereocenters. The van der Waals surface area contributed by atoms with Crippen LogP contribution in [0.5, 0.6) is 0 Å². The molecule has 24 heavy (non-hydrogen) atoms. The lowest BCUT2D eigenvalue weighted by atomic mass is 9.90. The summed E-state index contributed by atoms with van der Waals surface area (Å²) < 4.78 is 6.00. The highest BCUT2D eigenvalue weighted by atomic mass is 32.2. The van der Waals surface area contributed by atoms with Crippen LogP contribution in [0.3, 0.4) is 0 Å². The minimum atomic E-state index is -0.0347. The van der Waals surface area contributed by atoms with Crippen molar-refractivity contribution in [1.82, 2.24) is 10.6 Å². The molecule has 2 aliphatic rings. The van der Waals surface area contributed by atoms with Crippen molar-refractivity contribution in [3.8, 4) is 0 Å². The second-order valence-electron chi connectivity index (χ2n) is 6.95. The first-order chi connectivity index (χ1) is 11.7. The average molecular weight is 349 g/mol. The lowest BCUT2D eigenvalue weighted by Crippen LogP contribution is -2.51. The molecule has 2 heterocycles. The quantitative estimate of drug-likeness (QED) is 0.803. The summed E-state index contributed by atoms with van der Waals surface area (Å²) in [5.41, 5.74) is 2.71. The van der Waals surface area contributed by atoms with Gasteiger partial charge >= 0.3 is 6.03 Å². The summed E-state index contributed by atoms with van der Waals surface area (Å²) in [7, 11) is 0. The van der Waals surface area contributed by atoms with Crippen molar-refractivity contribution in [2.75, 3.05) is 24.7 Å². The maximum Gasteiger partial charge on any atom is 0.315 e. The molecule has 1 aromatic rings. The zero-order valence-electron chi connectivity index (χ0n) is 14.5. The molecule has 2 N–H and O–H groups in total. The second kappa shape index (κ2) is 8.26. The van der Waals surface area contributed by atoms with E-state index in [1.165, 1.54) is 16.9 Å². The first kappa shape index (κ1) is 17.6. The highest BCUT2D eigenvalue weighted by Gasteiger charge is 2.40. The van der Waals surface area contributed by atoms with Gasteiger partial charge in [-0.05, 0) is 55.9 Å². The number of aryl methyl sites for hydroxylation is 2. The molecule has 5 heteroatoms. The summed E-state index contributed by atoms with van der Waals surface area (Å²) in [5, 5.41) is 6.14. The van der Waals surface area contributed by atoms with Crippen LogP contribution in [0.1, 0.15) is 36.8 Å². The Kier molecular flexibility index (Phi) is 6.06. The molecule has 2 saturated heterocycles. The van der Waals surface area contributed by atoms with E-state index in [1.807, 2.05) is 11.8 Å². The van der Waals surface area contributed by atoms with E-state index in [0.717, 1.165) is 44.5 Å². The Balaban J connectivity index is 1.36. The Morgan fingerprint density at radius 3 is 3.08 bits per heavy atom. The Bertz CT molecular complexity index is 558. The number of amides is 2. The first-order valence-electron chi connectivity index (χ1n) is 8.97. The van der Waals surface area contributed by atoms with Gasteiger partial charge in [0.1, 0.15) is 0 Å². The number of thioether (sulfide) groups is 1. The molecular weight excluding hydrogens is 320 g/mol. The summed E-state index contributed by atoms with van der Waals surface area (Å²) in [6.07, 6.45) is 4.96. The van der Waals surface area contributed by atoms with Crippen LogP contribution >= 0.6 is 11.8 Å². The number of rotatable bonds is 5. The Hall–Kier alpha value is -1.20. The van der Waals surface area contributed by atoms with Crippen molar-refractivity contribution in [3.05, 3.63) is 35.4 Å². The van der Waals surface area contributed by atoms with Crippen LogP contribution in [0.2, 0.25) is 0 Å². The maximum atomic E-state index is 12.1. The molecule has 0 bridgehead atoms. The third-order valence-electron chi connectivity index (χ3n) is 5.07. The van der Waals surface area contributed by atoms with Crippen molar-refractivity contribution >= 4 is 17.8 Å². The predicted molar refractivity (Wildman–Crippen MR) is 99.7 cm³/mol. The Morgan fingerprint density at radius 2 is 2.29 bits per heavy atom. The number of hydrogen-bond donors (Lipinski definition) is 2. The molecule has 4 nitrogen and oxygen atoms in total. The fourth-order valence-electron chi connectivity index (χ4n) is 3.62. The van der Waals surface area contributed by atoms with E-state index in [-0.39, 0.29) is 17.7 Å². The molecule has 0 aliphatic carbocycles. The predicted octanol–water partition coefficient (Wildman–Crippen LogP) is 3.28.